The number of rotatable bonds is 10. The number of nitrogens with one attached hydrogen (secondary N) is 2. The molecule has 0 saturated heterocycles. The fourth-order valence-corrected chi connectivity index (χ4v) is 4.81. The molecule has 1 heterocycles. The Morgan fingerprint density at radius 3 is 2.68 bits per heavy atom. The molecule has 0 aromatic heterocycles. The topological polar surface area (TPSA) is 69.1 Å². The Morgan fingerprint density at radius 2 is 1.97 bits per heavy atom. The molecule has 1 fully saturated rings. The van der Waals surface area contributed by atoms with Crippen molar-refractivity contribution in [1.29, 1.82) is 0 Å². The number of benzene rings is 1. The second-order valence-electron chi connectivity index (χ2n) is 8.93. The highest BCUT2D eigenvalue weighted by molar-refractivity contribution is 14.0. The molecule has 1 unspecified atom stereocenters. The molecule has 1 aliphatic heterocycles. The van der Waals surface area contributed by atoms with E-state index in [0.29, 0.717) is 13.1 Å². The van der Waals surface area contributed by atoms with Gasteiger partial charge < -0.3 is 20.5 Å². The maximum Gasteiger partial charge on any atom is 0.191 e. The van der Waals surface area contributed by atoms with E-state index >= 15 is 0 Å². The molecule has 31 heavy (non-hydrogen) atoms. The standard InChI is InChI=1S/C24H40N4O2.HI/c1-3-25-23(27-19-24(13-15-30-2)11-6-7-12-24)26-16-22(29)18-28-14-10-20-8-4-5-9-21(20)17-28;/h4-5,8-9,22,29H,3,6-7,10-19H2,1-2H3,(H2,25,26,27);1H. The van der Waals surface area contributed by atoms with Crippen LogP contribution in [0.3, 0.4) is 0 Å². The van der Waals surface area contributed by atoms with E-state index in [-0.39, 0.29) is 29.4 Å². The van der Waals surface area contributed by atoms with Gasteiger partial charge in [0.2, 0.25) is 0 Å². The molecule has 7 heteroatoms. The Morgan fingerprint density at radius 1 is 1.23 bits per heavy atom. The minimum absolute atomic E-state index is 0. The zero-order valence-electron chi connectivity index (χ0n) is 19.2. The largest absolute Gasteiger partial charge is 0.390 e. The number of nitrogens with zero attached hydrogens (tertiary/aromatic N) is 2. The fourth-order valence-electron chi connectivity index (χ4n) is 4.81. The third kappa shape index (κ3) is 8.18. The van der Waals surface area contributed by atoms with Crippen molar-refractivity contribution in [2.24, 2.45) is 10.4 Å². The summed E-state index contributed by atoms with van der Waals surface area (Å²) in [6, 6.07) is 8.63. The summed E-state index contributed by atoms with van der Waals surface area (Å²) in [6.07, 6.45) is 6.77. The Bertz CT molecular complexity index is 679. The number of aliphatic hydroxyl groups is 1. The van der Waals surface area contributed by atoms with Crippen molar-refractivity contribution in [3.8, 4) is 0 Å². The predicted molar refractivity (Wildman–Crippen MR) is 138 cm³/mol. The second-order valence-corrected chi connectivity index (χ2v) is 8.93. The van der Waals surface area contributed by atoms with Crippen LogP contribution in [-0.4, -0.2) is 68.5 Å². The quantitative estimate of drug-likeness (QED) is 0.240. The van der Waals surface area contributed by atoms with E-state index in [1.54, 1.807) is 7.11 Å². The Hall–Kier alpha value is -0.900. The maximum absolute atomic E-state index is 10.6. The highest BCUT2D eigenvalue weighted by atomic mass is 127. The first-order valence-corrected chi connectivity index (χ1v) is 11.6. The molecule has 1 aliphatic carbocycles. The SMILES string of the molecule is CCNC(=NCC1(CCOC)CCCC1)NCC(O)CN1CCc2ccccc2C1.I. The van der Waals surface area contributed by atoms with Crippen LogP contribution in [0.25, 0.3) is 0 Å². The fraction of sp³-hybridized carbons (Fsp3) is 0.708. The van der Waals surface area contributed by atoms with E-state index in [9.17, 15) is 5.11 Å². The number of fused-ring (bicyclic) bond motifs is 1. The molecule has 0 radical (unpaired) electrons. The second kappa shape index (κ2) is 13.6. The van der Waals surface area contributed by atoms with E-state index in [2.05, 4.69) is 46.7 Å². The van der Waals surface area contributed by atoms with Crippen LogP contribution >= 0.6 is 24.0 Å². The summed E-state index contributed by atoms with van der Waals surface area (Å²) in [4.78, 5) is 7.23. The van der Waals surface area contributed by atoms with Crippen LogP contribution in [0.2, 0.25) is 0 Å². The van der Waals surface area contributed by atoms with Crippen molar-refractivity contribution >= 4 is 29.9 Å². The summed E-state index contributed by atoms with van der Waals surface area (Å²) in [5.74, 6) is 0.809. The lowest BCUT2D eigenvalue weighted by Gasteiger charge is -2.30. The maximum atomic E-state index is 10.6. The normalized spacial score (nSPS) is 19.4. The molecule has 3 rings (SSSR count). The number of aliphatic hydroxyl groups excluding tert-OH is 1. The van der Waals surface area contributed by atoms with Crippen LogP contribution in [0.1, 0.15) is 50.2 Å². The monoisotopic (exact) mass is 544 g/mol. The van der Waals surface area contributed by atoms with Crippen LogP contribution in [0.15, 0.2) is 29.3 Å². The summed E-state index contributed by atoms with van der Waals surface area (Å²) < 4.78 is 5.34. The van der Waals surface area contributed by atoms with E-state index in [0.717, 1.165) is 51.6 Å². The minimum Gasteiger partial charge on any atom is -0.390 e. The van der Waals surface area contributed by atoms with Gasteiger partial charge in [-0.1, -0.05) is 37.1 Å². The van der Waals surface area contributed by atoms with Gasteiger partial charge >= 0.3 is 0 Å². The van der Waals surface area contributed by atoms with Crippen molar-refractivity contribution < 1.29 is 9.84 Å². The third-order valence-electron chi connectivity index (χ3n) is 6.60. The highest BCUT2D eigenvalue weighted by Crippen LogP contribution is 2.41. The Balaban J connectivity index is 0.00000341. The molecule has 6 nitrogen and oxygen atoms in total. The number of methoxy groups -OCH3 is 1. The van der Waals surface area contributed by atoms with E-state index in [1.165, 1.54) is 36.8 Å². The highest BCUT2D eigenvalue weighted by Gasteiger charge is 2.33. The van der Waals surface area contributed by atoms with Gasteiger partial charge in [-0.05, 0) is 49.1 Å². The number of β-amino-alcohol motifs (C(OH)–C–C–N with tert-alkyl or cyclic N) is 1. The average molecular weight is 545 g/mol. The van der Waals surface area contributed by atoms with Crippen LogP contribution < -0.4 is 10.6 Å². The molecule has 0 bridgehead atoms. The predicted octanol–water partition coefficient (Wildman–Crippen LogP) is 3.18. The number of guanidine groups is 1. The summed E-state index contributed by atoms with van der Waals surface area (Å²) >= 11 is 0. The van der Waals surface area contributed by atoms with Gasteiger partial charge in [0, 0.05) is 53.0 Å². The molecular formula is C24H41IN4O2. The van der Waals surface area contributed by atoms with Gasteiger partial charge in [0.1, 0.15) is 0 Å². The van der Waals surface area contributed by atoms with Gasteiger partial charge in [-0.2, -0.15) is 0 Å². The van der Waals surface area contributed by atoms with Gasteiger partial charge in [-0.25, -0.2) is 0 Å². The molecule has 176 valence electrons. The number of aliphatic imine (C=N–C) groups is 1. The molecule has 1 atom stereocenters. The van der Waals surface area contributed by atoms with Gasteiger partial charge in [0.05, 0.1) is 6.10 Å². The molecule has 0 amide bonds. The first kappa shape index (κ1) is 26.4. The number of hydrogen-bond donors (Lipinski definition) is 3. The van der Waals surface area contributed by atoms with Crippen LogP contribution in [-0.2, 0) is 17.7 Å². The summed E-state index contributed by atoms with van der Waals surface area (Å²) in [6.45, 7) is 7.63. The molecular weight excluding hydrogens is 503 g/mol. The number of ether oxygens (including phenoxy) is 1. The zero-order chi connectivity index (χ0) is 21.2. The molecule has 1 aromatic carbocycles. The Labute approximate surface area is 205 Å². The van der Waals surface area contributed by atoms with Crippen molar-refractivity contribution in [2.45, 2.75) is 58.1 Å². The van der Waals surface area contributed by atoms with Crippen molar-refractivity contribution in [3.05, 3.63) is 35.4 Å². The molecule has 0 spiro atoms. The van der Waals surface area contributed by atoms with Gasteiger partial charge in [0.25, 0.3) is 0 Å². The van der Waals surface area contributed by atoms with Gasteiger partial charge in [0.15, 0.2) is 5.96 Å². The van der Waals surface area contributed by atoms with E-state index in [1.807, 2.05) is 0 Å². The van der Waals surface area contributed by atoms with Gasteiger partial charge in [-0.3, -0.25) is 9.89 Å². The van der Waals surface area contributed by atoms with Crippen LogP contribution in [0, 0.1) is 5.41 Å². The van der Waals surface area contributed by atoms with Crippen molar-refractivity contribution in [2.75, 3.05) is 46.4 Å². The number of halogens is 1. The molecule has 1 saturated carbocycles. The third-order valence-corrected chi connectivity index (χ3v) is 6.60. The average Bonchev–Trinajstić information content (AvgIpc) is 3.23. The lowest BCUT2D eigenvalue weighted by molar-refractivity contribution is 0.108. The Kier molecular flexibility index (Phi) is 11.6. The molecule has 3 N–H and O–H groups in total. The van der Waals surface area contributed by atoms with E-state index < -0.39 is 6.10 Å². The smallest absolute Gasteiger partial charge is 0.191 e. The van der Waals surface area contributed by atoms with Crippen molar-refractivity contribution in [1.82, 2.24) is 15.5 Å². The van der Waals surface area contributed by atoms with Crippen molar-refractivity contribution in [3.63, 3.8) is 0 Å². The molecule has 2 aliphatic rings. The lowest BCUT2D eigenvalue weighted by atomic mass is 9.83. The van der Waals surface area contributed by atoms with E-state index in [4.69, 9.17) is 9.73 Å². The first-order chi connectivity index (χ1) is 14.6. The first-order valence-electron chi connectivity index (χ1n) is 11.6. The van der Waals surface area contributed by atoms with Crippen LogP contribution in [0.5, 0.6) is 0 Å². The van der Waals surface area contributed by atoms with Gasteiger partial charge in [-0.15, -0.1) is 24.0 Å². The summed E-state index contributed by atoms with van der Waals surface area (Å²) in [5, 5.41) is 17.3. The molecule has 1 aromatic rings. The zero-order valence-corrected chi connectivity index (χ0v) is 21.6. The summed E-state index contributed by atoms with van der Waals surface area (Å²) in [7, 11) is 1.78. The summed E-state index contributed by atoms with van der Waals surface area (Å²) in [5.41, 5.74) is 3.10. The minimum atomic E-state index is -0.423. The van der Waals surface area contributed by atoms with Crippen LogP contribution in [0.4, 0.5) is 0 Å². The number of hydrogen-bond acceptors (Lipinski definition) is 4. The lowest BCUT2D eigenvalue weighted by Crippen LogP contribution is -2.45.